The van der Waals surface area contributed by atoms with Gasteiger partial charge in [0.2, 0.25) is 0 Å². The number of para-hydroxylation sites is 2. The van der Waals surface area contributed by atoms with Gasteiger partial charge in [-0.1, -0.05) is 24.3 Å². The molecule has 0 bridgehead atoms. The number of nitro groups is 1. The lowest BCUT2D eigenvalue weighted by Gasteiger charge is -2.23. The molecule has 9 nitrogen and oxygen atoms in total. The summed E-state index contributed by atoms with van der Waals surface area (Å²) in [4.78, 5) is 36.5. The van der Waals surface area contributed by atoms with Crippen LogP contribution < -0.4 is 10.2 Å². The summed E-state index contributed by atoms with van der Waals surface area (Å²) >= 11 is 0. The molecule has 158 valence electrons. The quantitative estimate of drug-likeness (QED) is 0.400. The average Bonchev–Trinajstić information content (AvgIpc) is 2.75. The van der Waals surface area contributed by atoms with Crippen molar-refractivity contribution in [2.24, 2.45) is 0 Å². The first-order valence-corrected chi connectivity index (χ1v) is 9.69. The number of ether oxygens (including phenoxy) is 2. The molecular formula is C21H24N3O6+. The van der Waals surface area contributed by atoms with Crippen LogP contribution in [0.4, 0.5) is 11.4 Å². The van der Waals surface area contributed by atoms with Gasteiger partial charge in [0.05, 0.1) is 23.7 Å². The summed E-state index contributed by atoms with van der Waals surface area (Å²) < 4.78 is 10.6. The summed E-state index contributed by atoms with van der Waals surface area (Å²) in [6.07, 6.45) is -1.12. The maximum atomic E-state index is 12.4. The van der Waals surface area contributed by atoms with E-state index in [0.717, 1.165) is 38.4 Å². The standard InChI is InChI=1S/C21H23N3O6/c1-15(20(25)22-18-4-2-3-5-19(18)24(27)28)30-21(26)17-8-6-16(7-9-17)14-23-10-12-29-13-11-23/h2-9,15H,10-14H2,1H3,(H,22,25)/p+1/t15-/m1/s1. The molecule has 0 unspecified atom stereocenters. The molecule has 2 N–H and O–H groups in total. The van der Waals surface area contributed by atoms with Crippen LogP contribution >= 0.6 is 0 Å². The van der Waals surface area contributed by atoms with Gasteiger partial charge in [-0.3, -0.25) is 14.9 Å². The van der Waals surface area contributed by atoms with E-state index in [9.17, 15) is 19.7 Å². The van der Waals surface area contributed by atoms with Crippen molar-refractivity contribution in [1.82, 2.24) is 0 Å². The molecule has 3 rings (SSSR count). The number of carbonyl (C=O) groups excluding carboxylic acids is 2. The summed E-state index contributed by atoms with van der Waals surface area (Å²) in [6, 6.07) is 12.9. The molecule has 0 spiro atoms. The van der Waals surface area contributed by atoms with Crippen molar-refractivity contribution in [2.45, 2.75) is 19.6 Å². The molecule has 1 amide bonds. The lowest BCUT2D eigenvalue weighted by Crippen LogP contribution is -3.12. The highest BCUT2D eigenvalue weighted by atomic mass is 16.6. The molecule has 1 fully saturated rings. The Hall–Kier alpha value is -3.30. The molecule has 2 aromatic carbocycles. The molecule has 2 aromatic rings. The number of amides is 1. The number of anilines is 1. The third-order valence-corrected chi connectivity index (χ3v) is 4.86. The van der Waals surface area contributed by atoms with Crippen LogP contribution in [0.3, 0.4) is 0 Å². The molecule has 1 aliphatic heterocycles. The monoisotopic (exact) mass is 414 g/mol. The molecule has 0 aliphatic carbocycles. The van der Waals surface area contributed by atoms with Gasteiger partial charge >= 0.3 is 5.97 Å². The van der Waals surface area contributed by atoms with Crippen molar-refractivity contribution in [1.29, 1.82) is 0 Å². The minimum absolute atomic E-state index is 0.0466. The smallest absolute Gasteiger partial charge is 0.338 e. The first-order valence-electron chi connectivity index (χ1n) is 9.69. The van der Waals surface area contributed by atoms with Gasteiger partial charge in [-0.15, -0.1) is 0 Å². The summed E-state index contributed by atoms with van der Waals surface area (Å²) in [5.41, 5.74) is 1.25. The van der Waals surface area contributed by atoms with Crippen LogP contribution in [0.1, 0.15) is 22.8 Å². The summed E-state index contributed by atoms with van der Waals surface area (Å²) in [5, 5.41) is 13.5. The fourth-order valence-corrected chi connectivity index (χ4v) is 3.14. The van der Waals surface area contributed by atoms with Gasteiger partial charge in [0, 0.05) is 11.6 Å². The predicted octanol–water partition coefficient (Wildman–Crippen LogP) is 1.19. The number of nitrogens with one attached hydrogen (secondary N) is 2. The van der Waals surface area contributed by atoms with Crippen LogP contribution in [-0.2, 0) is 20.8 Å². The number of quaternary nitrogens is 1. The van der Waals surface area contributed by atoms with E-state index in [-0.39, 0.29) is 11.4 Å². The minimum Gasteiger partial charge on any atom is -0.449 e. The van der Waals surface area contributed by atoms with Crippen molar-refractivity contribution >= 4 is 23.3 Å². The number of morpholine rings is 1. The van der Waals surface area contributed by atoms with Crippen LogP contribution in [-0.4, -0.2) is 49.2 Å². The number of nitro benzene ring substituents is 1. The topological polar surface area (TPSA) is 112 Å². The zero-order chi connectivity index (χ0) is 21.5. The average molecular weight is 414 g/mol. The summed E-state index contributed by atoms with van der Waals surface area (Å²) in [5.74, 6) is -1.28. The first kappa shape index (κ1) is 21.4. The van der Waals surface area contributed by atoms with E-state index in [1.54, 1.807) is 18.2 Å². The Morgan fingerprint density at radius 1 is 1.17 bits per heavy atom. The maximum absolute atomic E-state index is 12.4. The van der Waals surface area contributed by atoms with Crippen molar-refractivity contribution in [3.05, 3.63) is 69.8 Å². The zero-order valence-corrected chi connectivity index (χ0v) is 16.6. The highest BCUT2D eigenvalue weighted by Gasteiger charge is 2.22. The first-order chi connectivity index (χ1) is 14.4. The number of esters is 1. The van der Waals surface area contributed by atoms with Crippen molar-refractivity contribution in [3.8, 4) is 0 Å². The molecule has 1 atom stereocenters. The van der Waals surface area contributed by atoms with Crippen LogP contribution in [0.15, 0.2) is 48.5 Å². The third-order valence-electron chi connectivity index (χ3n) is 4.86. The lowest BCUT2D eigenvalue weighted by atomic mass is 10.1. The number of benzene rings is 2. The minimum atomic E-state index is -1.12. The van der Waals surface area contributed by atoms with Crippen LogP contribution in [0.5, 0.6) is 0 Å². The number of carbonyl (C=O) groups is 2. The van der Waals surface area contributed by atoms with Crippen LogP contribution in [0.25, 0.3) is 0 Å². The summed E-state index contributed by atoms with van der Waals surface area (Å²) in [7, 11) is 0. The fraction of sp³-hybridized carbons (Fsp3) is 0.333. The largest absolute Gasteiger partial charge is 0.449 e. The van der Waals surface area contributed by atoms with E-state index in [1.165, 1.54) is 30.0 Å². The Morgan fingerprint density at radius 2 is 1.83 bits per heavy atom. The van der Waals surface area contributed by atoms with E-state index in [0.29, 0.717) is 5.56 Å². The number of hydrogen-bond acceptors (Lipinski definition) is 6. The second-order valence-corrected chi connectivity index (χ2v) is 7.05. The van der Waals surface area contributed by atoms with Crippen LogP contribution in [0, 0.1) is 10.1 Å². The molecule has 0 aromatic heterocycles. The van der Waals surface area contributed by atoms with Gasteiger partial charge < -0.3 is 19.7 Å². The van der Waals surface area contributed by atoms with Crippen LogP contribution in [0.2, 0.25) is 0 Å². The SMILES string of the molecule is C[C@@H](OC(=O)c1ccc(C[NH+]2CCOCC2)cc1)C(=O)Nc1ccccc1[N+](=O)[O-]. The number of hydrogen-bond donors (Lipinski definition) is 2. The molecule has 0 saturated carbocycles. The third kappa shape index (κ3) is 5.62. The molecule has 9 heteroatoms. The molecule has 30 heavy (non-hydrogen) atoms. The Bertz CT molecular complexity index is 909. The molecule has 1 aliphatic rings. The van der Waals surface area contributed by atoms with E-state index in [4.69, 9.17) is 9.47 Å². The van der Waals surface area contributed by atoms with E-state index < -0.39 is 22.9 Å². The Kier molecular flexibility index (Phi) is 7.10. The molecule has 1 saturated heterocycles. The van der Waals surface area contributed by atoms with Gasteiger partial charge in [0.15, 0.2) is 6.10 Å². The van der Waals surface area contributed by atoms with Gasteiger partial charge in [0.25, 0.3) is 11.6 Å². The Balaban J connectivity index is 1.55. The van der Waals surface area contributed by atoms with Crippen molar-refractivity contribution in [2.75, 3.05) is 31.6 Å². The molecule has 1 heterocycles. The second-order valence-electron chi connectivity index (χ2n) is 7.05. The maximum Gasteiger partial charge on any atom is 0.338 e. The predicted molar refractivity (Wildman–Crippen MR) is 108 cm³/mol. The summed E-state index contributed by atoms with van der Waals surface area (Å²) in [6.45, 7) is 5.69. The van der Waals surface area contributed by atoms with Crippen molar-refractivity contribution in [3.63, 3.8) is 0 Å². The fourth-order valence-electron chi connectivity index (χ4n) is 3.14. The van der Waals surface area contributed by atoms with Gasteiger partial charge in [0.1, 0.15) is 25.3 Å². The Labute approximate surface area is 173 Å². The lowest BCUT2D eigenvalue weighted by molar-refractivity contribution is -0.921. The second kappa shape index (κ2) is 9.95. The Morgan fingerprint density at radius 3 is 2.50 bits per heavy atom. The van der Waals surface area contributed by atoms with Gasteiger partial charge in [-0.2, -0.15) is 0 Å². The van der Waals surface area contributed by atoms with E-state index in [1.807, 2.05) is 12.1 Å². The van der Waals surface area contributed by atoms with Gasteiger partial charge in [-0.05, 0) is 25.1 Å². The van der Waals surface area contributed by atoms with E-state index in [2.05, 4.69) is 5.32 Å². The van der Waals surface area contributed by atoms with Gasteiger partial charge in [-0.25, -0.2) is 4.79 Å². The normalized spacial score (nSPS) is 15.2. The number of rotatable bonds is 7. The highest BCUT2D eigenvalue weighted by Crippen LogP contribution is 2.23. The van der Waals surface area contributed by atoms with Crippen molar-refractivity contribution < 1.29 is 28.9 Å². The molecule has 0 radical (unpaired) electrons. The highest BCUT2D eigenvalue weighted by molar-refractivity contribution is 5.98. The number of nitrogens with zero attached hydrogens (tertiary/aromatic N) is 1. The molecular weight excluding hydrogens is 390 g/mol. The van der Waals surface area contributed by atoms with E-state index >= 15 is 0 Å². The zero-order valence-electron chi connectivity index (χ0n) is 16.6.